The van der Waals surface area contributed by atoms with Crippen LogP contribution in [-0.4, -0.2) is 69.8 Å². The van der Waals surface area contributed by atoms with Crippen LogP contribution in [0.25, 0.3) is 0 Å². The van der Waals surface area contributed by atoms with E-state index in [1.165, 1.54) is 0 Å². The van der Waals surface area contributed by atoms with E-state index < -0.39 is 60.2 Å². The summed E-state index contributed by atoms with van der Waals surface area (Å²) in [5, 5.41) is 25.5. The Morgan fingerprint density at radius 2 is 1.25 bits per heavy atom. The van der Waals surface area contributed by atoms with E-state index in [0.717, 1.165) is 0 Å². The van der Waals surface area contributed by atoms with Crippen LogP contribution >= 0.6 is 12.6 Å². The number of rotatable bonds is 15. The first kappa shape index (κ1) is 29.7. The number of hydrogen-bond donors (Lipinski definition) is 7. The van der Waals surface area contributed by atoms with Crippen LogP contribution < -0.4 is 21.7 Å². The molecular weight excluding hydrogens is 440 g/mol. The lowest BCUT2D eigenvalue weighted by Crippen LogP contribution is -2.57. The first-order valence-electron chi connectivity index (χ1n) is 10.5. The predicted octanol–water partition coefficient (Wildman–Crippen LogP) is -0.260. The van der Waals surface area contributed by atoms with E-state index in [4.69, 9.17) is 10.8 Å². The molecule has 4 unspecified atom stereocenters. The van der Waals surface area contributed by atoms with E-state index in [-0.39, 0.29) is 30.4 Å². The molecule has 0 saturated carbocycles. The molecular formula is C20H36N4O7S. The molecule has 0 saturated heterocycles. The lowest BCUT2D eigenvalue weighted by molar-refractivity contribution is -0.143. The largest absolute Gasteiger partial charge is 0.481 e. The van der Waals surface area contributed by atoms with Crippen LogP contribution in [0.15, 0.2) is 0 Å². The molecule has 0 aromatic heterocycles. The van der Waals surface area contributed by atoms with E-state index in [0.29, 0.717) is 6.42 Å². The van der Waals surface area contributed by atoms with Gasteiger partial charge in [-0.05, 0) is 31.1 Å². The number of nitrogens with one attached hydrogen (secondary N) is 3. The molecule has 0 heterocycles. The van der Waals surface area contributed by atoms with Crippen molar-refractivity contribution < 1.29 is 34.2 Å². The molecule has 0 rings (SSSR count). The second-order valence-electron chi connectivity index (χ2n) is 8.50. The van der Waals surface area contributed by atoms with Gasteiger partial charge in [-0.3, -0.25) is 19.2 Å². The Bertz CT molecular complexity index is 672. The maximum atomic E-state index is 12.7. The van der Waals surface area contributed by atoms with E-state index >= 15 is 0 Å². The van der Waals surface area contributed by atoms with Crippen molar-refractivity contribution in [1.82, 2.24) is 16.0 Å². The molecule has 0 spiro atoms. The van der Waals surface area contributed by atoms with Gasteiger partial charge in [-0.2, -0.15) is 12.6 Å². The summed E-state index contributed by atoms with van der Waals surface area (Å²) in [5.74, 6) is -4.52. The number of hydrogen-bond acceptors (Lipinski definition) is 7. The third-order valence-electron chi connectivity index (χ3n) is 4.48. The van der Waals surface area contributed by atoms with Gasteiger partial charge in [0, 0.05) is 12.2 Å². The smallest absolute Gasteiger partial charge is 0.326 e. The fraction of sp³-hybridized carbons (Fsp3) is 0.750. The van der Waals surface area contributed by atoms with Crippen LogP contribution in [0.3, 0.4) is 0 Å². The van der Waals surface area contributed by atoms with Gasteiger partial charge in [0.2, 0.25) is 17.7 Å². The monoisotopic (exact) mass is 476 g/mol. The second-order valence-corrected chi connectivity index (χ2v) is 8.87. The number of amides is 3. The van der Waals surface area contributed by atoms with Crippen molar-refractivity contribution in [3.63, 3.8) is 0 Å². The number of thiol groups is 1. The Hall–Kier alpha value is -2.34. The summed E-state index contributed by atoms with van der Waals surface area (Å²) >= 11 is 4.06. The fourth-order valence-corrected chi connectivity index (χ4v) is 3.12. The number of aliphatic carboxylic acids is 2. The fourth-order valence-electron chi connectivity index (χ4n) is 2.86. The molecule has 0 aromatic rings. The average Bonchev–Trinajstić information content (AvgIpc) is 2.66. The zero-order valence-corrected chi connectivity index (χ0v) is 19.9. The summed E-state index contributed by atoms with van der Waals surface area (Å²) in [6, 6.07) is -4.45. The Labute approximate surface area is 193 Å². The molecule has 0 aliphatic heterocycles. The van der Waals surface area contributed by atoms with Crippen LogP contribution in [0.2, 0.25) is 0 Å². The third kappa shape index (κ3) is 11.9. The van der Waals surface area contributed by atoms with E-state index in [1.807, 2.05) is 13.8 Å². The molecule has 0 aliphatic rings. The minimum atomic E-state index is -1.31. The van der Waals surface area contributed by atoms with Gasteiger partial charge in [0.15, 0.2) is 0 Å². The van der Waals surface area contributed by atoms with Crippen LogP contribution in [0.5, 0.6) is 0 Å². The Balaban J connectivity index is 5.33. The molecule has 0 fully saturated rings. The molecule has 11 nitrogen and oxygen atoms in total. The van der Waals surface area contributed by atoms with Crippen molar-refractivity contribution in [2.45, 2.75) is 77.5 Å². The van der Waals surface area contributed by atoms with E-state index in [2.05, 4.69) is 28.6 Å². The quantitative estimate of drug-likeness (QED) is 0.157. The van der Waals surface area contributed by atoms with Crippen LogP contribution in [0, 0.1) is 11.8 Å². The van der Waals surface area contributed by atoms with Gasteiger partial charge < -0.3 is 31.9 Å². The molecule has 32 heavy (non-hydrogen) atoms. The zero-order chi connectivity index (χ0) is 25.0. The highest BCUT2D eigenvalue weighted by molar-refractivity contribution is 7.80. The molecule has 4 atom stereocenters. The zero-order valence-electron chi connectivity index (χ0n) is 19.0. The van der Waals surface area contributed by atoms with Gasteiger partial charge in [-0.15, -0.1) is 0 Å². The third-order valence-corrected chi connectivity index (χ3v) is 4.84. The lowest BCUT2D eigenvalue weighted by atomic mass is 10.0. The summed E-state index contributed by atoms with van der Waals surface area (Å²) in [6.07, 6.45) is -0.134. The highest BCUT2D eigenvalue weighted by atomic mass is 32.1. The first-order valence-corrected chi connectivity index (χ1v) is 11.1. The number of carbonyl (C=O) groups excluding carboxylic acids is 3. The number of nitrogens with two attached hydrogens (primary N) is 1. The SMILES string of the molecule is CC(C)CC(N)C(=O)NC(CS)C(=O)NC(CCC(=O)O)C(=O)NC(CC(C)C)C(=O)O. The number of carbonyl (C=O) groups is 5. The van der Waals surface area contributed by atoms with Crippen molar-refractivity contribution in [1.29, 1.82) is 0 Å². The molecule has 0 radical (unpaired) electrons. The normalized spacial score (nSPS) is 14.9. The summed E-state index contributed by atoms with van der Waals surface area (Å²) < 4.78 is 0. The van der Waals surface area contributed by atoms with Crippen LogP contribution in [-0.2, 0) is 24.0 Å². The Morgan fingerprint density at radius 1 is 0.781 bits per heavy atom. The van der Waals surface area contributed by atoms with Gasteiger partial charge in [0.05, 0.1) is 6.04 Å². The molecule has 0 aliphatic carbocycles. The maximum absolute atomic E-state index is 12.7. The van der Waals surface area contributed by atoms with Crippen molar-refractivity contribution >= 4 is 42.3 Å². The molecule has 0 aromatic carbocycles. The standard InChI is InChI=1S/C20H36N4O7S/c1-10(2)7-12(21)17(27)24-15(9-32)19(29)22-13(5-6-16(25)26)18(28)23-14(20(30)31)8-11(3)4/h10-15,32H,5-9,21H2,1-4H3,(H,22,29)(H,23,28)(H,24,27)(H,25,26)(H,30,31). The first-order chi connectivity index (χ1) is 14.8. The maximum Gasteiger partial charge on any atom is 0.326 e. The molecule has 12 heteroatoms. The Morgan fingerprint density at radius 3 is 1.69 bits per heavy atom. The molecule has 7 N–H and O–H groups in total. The molecule has 0 bridgehead atoms. The Kier molecular flexibility index (Phi) is 13.6. The van der Waals surface area contributed by atoms with Crippen molar-refractivity contribution in [2.75, 3.05) is 5.75 Å². The van der Waals surface area contributed by atoms with Gasteiger partial charge in [0.1, 0.15) is 18.1 Å². The van der Waals surface area contributed by atoms with Gasteiger partial charge >= 0.3 is 11.9 Å². The minimum Gasteiger partial charge on any atom is -0.481 e. The van der Waals surface area contributed by atoms with Crippen molar-refractivity contribution in [3.8, 4) is 0 Å². The summed E-state index contributed by atoms with van der Waals surface area (Å²) in [5.41, 5.74) is 5.82. The highest BCUT2D eigenvalue weighted by Crippen LogP contribution is 2.08. The molecule has 184 valence electrons. The summed E-state index contributed by atoms with van der Waals surface area (Å²) in [6.45, 7) is 7.36. The average molecular weight is 477 g/mol. The van der Waals surface area contributed by atoms with Crippen LogP contribution in [0.4, 0.5) is 0 Å². The minimum absolute atomic E-state index is 0.0257. The highest BCUT2D eigenvalue weighted by Gasteiger charge is 2.30. The van der Waals surface area contributed by atoms with Crippen molar-refractivity contribution in [3.05, 3.63) is 0 Å². The number of carboxylic acid groups (broad SMARTS) is 2. The van der Waals surface area contributed by atoms with E-state index in [9.17, 15) is 29.1 Å². The summed E-state index contributed by atoms with van der Waals surface area (Å²) in [7, 11) is 0. The second kappa shape index (κ2) is 14.7. The predicted molar refractivity (Wildman–Crippen MR) is 121 cm³/mol. The number of carboxylic acids is 2. The van der Waals surface area contributed by atoms with Gasteiger partial charge in [-0.25, -0.2) is 4.79 Å². The van der Waals surface area contributed by atoms with Gasteiger partial charge in [-0.1, -0.05) is 27.7 Å². The summed E-state index contributed by atoms with van der Waals surface area (Å²) in [4.78, 5) is 59.9. The van der Waals surface area contributed by atoms with E-state index in [1.54, 1.807) is 13.8 Å². The lowest BCUT2D eigenvalue weighted by Gasteiger charge is -2.25. The topological polar surface area (TPSA) is 188 Å². The van der Waals surface area contributed by atoms with Crippen molar-refractivity contribution in [2.24, 2.45) is 17.6 Å². The van der Waals surface area contributed by atoms with Gasteiger partial charge in [0.25, 0.3) is 0 Å². The molecule has 3 amide bonds. The van der Waals surface area contributed by atoms with Crippen LogP contribution in [0.1, 0.15) is 53.4 Å².